The number of carboxylic acid groups (broad SMARTS) is 1. The predicted octanol–water partition coefficient (Wildman–Crippen LogP) is 5.01. The molecule has 3 aromatic rings. The molecule has 3 aromatic heterocycles. The molecule has 0 fully saturated rings. The van der Waals surface area contributed by atoms with Gasteiger partial charge >= 0.3 is 6.09 Å². The van der Waals surface area contributed by atoms with Gasteiger partial charge in [-0.2, -0.15) is 12.8 Å². The van der Waals surface area contributed by atoms with Gasteiger partial charge < -0.3 is 10.4 Å². The van der Waals surface area contributed by atoms with Gasteiger partial charge in [-0.1, -0.05) is 32.4 Å². The molecule has 1 amide bonds. The number of hydrogen-bond donors (Lipinski definition) is 2. The third-order valence-electron chi connectivity index (χ3n) is 4.83. The average Bonchev–Trinajstić information content (AvgIpc) is 3.25. The Morgan fingerprint density at radius 2 is 2.00 bits per heavy atom. The first-order chi connectivity index (χ1) is 14.8. The molecule has 32 heavy (non-hydrogen) atoms. The summed E-state index contributed by atoms with van der Waals surface area (Å²) in [6.07, 6.45) is 0.737. The van der Waals surface area contributed by atoms with Gasteiger partial charge in [0.15, 0.2) is 5.82 Å². The molecule has 0 aliphatic carbocycles. The number of rotatable bonds is 6. The number of aromatic nitrogens is 2. The Balaban J connectivity index is 2.23. The lowest BCUT2D eigenvalue weighted by molar-refractivity contribution is 0.174. The first kappa shape index (κ1) is 24.1. The van der Waals surface area contributed by atoms with Crippen molar-refractivity contribution in [2.45, 2.75) is 37.4 Å². The minimum absolute atomic E-state index is 0.0943. The smallest absolute Gasteiger partial charge is 0.404 e. The average molecular weight is 504 g/mol. The number of halogens is 3. The van der Waals surface area contributed by atoms with E-state index in [1.165, 1.54) is 24.3 Å². The lowest BCUT2D eigenvalue weighted by Crippen LogP contribution is -2.44. The van der Waals surface area contributed by atoms with Crippen molar-refractivity contribution in [3.05, 3.63) is 58.3 Å². The topological polar surface area (TPSA) is 101 Å². The van der Waals surface area contributed by atoms with E-state index in [1.807, 2.05) is 0 Å². The van der Waals surface area contributed by atoms with Crippen LogP contribution in [0.2, 0.25) is 4.34 Å². The summed E-state index contributed by atoms with van der Waals surface area (Å²) < 4.78 is 57.3. The lowest BCUT2D eigenvalue weighted by atomic mass is 9.83. The molecule has 0 radical (unpaired) electrons. The van der Waals surface area contributed by atoms with E-state index in [2.05, 4.69) is 10.3 Å². The molecule has 3 heterocycles. The zero-order valence-corrected chi connectivity index (χ0v) is 19.7. The Hall–Kier alpha value is -2.50. The molecule has 0 bridgehead atoms. The second kappa shape index (κ2) is 8.80. The summed E-state index contributed by atoms with van der Waals surface area (Å²) in [5, 5.41) is 11.5. The summed E-state index contributed by atoms with van der Waals surface area (Å²) in [6.45, 7) is 5.28. The molecule has 0 saturated heterocycles. The van der Waals surface area contributed by atoms with Crippen LogP contribution < -0.4 is 5.32 Å². The van der Waals surface area contributed by atoms with Crippen molar-refractivity contribution < 1.29 is 27.1 Å². The Bertz CT molecular complexity index is 1270. The largest absolute Gasteiger partial charge is 0.465 e. The quantitative estimate of drug-likeness (QED) is 0.461. The number of pyridine rings is 1. The van der Waals surface area contributed by atoms with E-state index in [-0.39, 0.29) is 26.1 Å². The van der Waals surface area contributed by atoms with E-state index in [0.29, 0.717) is 3.97 Å². The van der Waals surface area contributed by atoms with E-state index in [0.717, 1.165) is 23.7 Å². The summed E-state index contributed by atoms with van der Waals surface area (Å²) in [4.78, 5) is 14.7. The lowest BCUT2D eigenvalue weighted by Gasteiger charge is -2.30. The molecular weight excluding hydrogens is 484 g/mol. The maximum absolute atomic E-state index is 15.6. The van der Waals surface area contributed by atoms with Gasteiger partial charge in [0.2, 0.25) is 5.95 Å². The third kappa shape index (κ3) is 4.79. The van der Waals surface area contributed by atoms with E-state index in [1.54, 1.807) is 20.8 Å². The number of amides is 1. The Kier molecular flexibility index (Phi) is 6.64. The highest BCUT2D eigenvalue weighted by Crippen LogP contribution is 2.36. The van der Waals surface area contributed by atoms with Crippen molar-refractivity contribution in [1.29, 1.82) is 0 Å². The number of nitrogens with zero attached hydrogens (tertiary/aromatic N) is 2. The van der Waals surface area contributed by atoms with Crippen molar-refractivity contribution in [2.75, 3.05) is 0 Å². The van der Waals surface area contributed by atoms with Gasteiger partial charge in [0, 0.05) is 24.0 Å². The van der Waals surface area contributed by atoms with E-state index < -0.39 is 45.0 Å². The molecule has 0 spiro atoms. The first-order valence-electron chi connectivity index (χ1n) is 9.33. The first-order valence-corrected chi connectivity index (χ1v) is 12.0. The molecule has 0 saturated carbocycles. The molecule has 1 atom stereocenters. The molecule has 12 heteroatoms. The standard InChI is InChI=1S/C20H20ClF2N3O4S2/c1-20(2,3)13(25-19(27)28)9-11-10-26(32(29,30)15-7-6-14(21)31-15)17(16(11)22)12-5-4-8-24-18(12)23/h4-8,10,13,25H,9H2,1-3H3,(H,27,28). The number of thiophene rings is 1. The summed E-state index contributed by atoms with van der Waals surface area (Å²) >= 11 is 6.65. The highest BCUT2D eigenvalue weighted by atomic mass is 35.5. The molecule has 2 N–H and O–H groups in total. The third-order valence-corrected chi connectivity index (χ3v) is 8.18. The van der Waals surface area contributed by atoms with Crippen molar-refractivity contribution in [3.63, 3.8) is 0 Å². The van der Waals surface area contributed by atoms with Crippen LogP contribution in [0.25, 0.3) is 11.3 Å². The van der Waals surface area contributed by atoms with Gasteiger partial charge in [-0.05, 0) is 36.1 Å². The zero-order chi connectivity index (χ0) is 23.8. The van der Waals surface area contributed by atoms with Crippen molar-refractivity contribution in [3.8, 4) is 11.3 Å². The number of carbonyl (C=O) groups is 1. The highest BCUT2D eigenvalue weighted by molar-refractivity contribution is 7.92. The highest BCUT2D eigenvalue weighted by Gasteiger charge is 2.33. The van der Waals surface area contributed by atoms with Crippen LogP contribution in [0.5, 0.6) is 0 Å². The molecule has 0 aliphatic rings. The van der Waals surface area contributed by atoms with Crippen molar-refractivity contribution >= 4 is 39.1 Å². The van der Waals surface area contributed by atoms with E-state index in [9.17, 15) is 22.7 Å². The van der Waals surface area contributed by atoms with E-state index >= 15 is 4.39 Å². The van der Waals surface area contributed by atoms with Crippen LogP contribution >= 0.6 is 22.9 Å². The number of hydrogen-bond acceptors (Lipinski definition) is 5. The molecule has 0 aromatic carbocycles. The maximum atomic E-state index is 15.6. The summed E-state index contributed by atoms with van der Waals surface area (Å²) in [6, 6.07) is 4.47. The second-order valence-corrected chi connectivity index (χ2v) is 11.8. The van der Waals surface area contributed by atoms with Crippen LogP contribution in [-0.4, -0.2) is 34.6 Å². The van der Waals surface area contributed by atoms with Crippen molar-refractivity contribution in [1.82, 2.24) is 14.3 Å². The van der Waals surface area contributed by atoms with Gasteiger partial charge in [-0.15, -0.1) is 11.3 Å². The molecule has 1 unspecified atom stereocenters. The van der Waals surface area contributed by atoms with Crippen LogP contribution in [0.4, 0.5) is 13.6 Å². The zero-order valence-electron chi connectivity index (χ0n) is 17.3. The van der Waals surface area contributed by atoms with Gasteiger partial charge in [0.05, 0.1) is 9.90 Å². The SMILES string of the molecule is CC(C)(C)C(Cc1cn(S(=O)(=O)c2ccc(Cl)s2)c(-c2cccnc2F)c1F)NC(=O)O. The fraction of sp³-hybridized carbons (Fsp3) is 0.300. The van der Waals surface area contributed by atoms with Crippen LogP contribution in [0, 0.1) is 17.2 Å². The van der Waals surface area contributed by atoms with E-state index in [4.69, 9.17) is 11.6 Å². The molecular formula is C20H20ClF2N3O4S2. The van der Waals surface area contributed by atoms with Gasteiger partial charge in [0.25, 0.3) is 10.0 Å². The number of nitrogens with one attached hydrogen (secondary N) is 1. The fourth-order valence-electron chi connectivity index (χ4n) is 3.12. The molecule has 0 aliphatic heterocycles. The molecule has 7 nitrogen and oxygen atoms in total. The van der Waals surface area contributed by atoms with Gasteiger partial charge in [-0.3, -0.25) is 0 Å². The Morgan fingerprint density at radius 1 is 1.31 bits per heavy atom. The predicted molar refractivity (Wildman–Crippen MR) is 118 cm³/mol. The molecule has 3 rings (SSSR count). The monoisotopic (exact) mass is 503 g/mol. The minimum atomic E-state index is -4.33. The van der Waals surface area contributed by atoms with Gasteiger partial charge in [0.1, 0.15) is 9.90 Å². The summed E-state index contributed by atoms with van der Waals surface area (Å²) in [5.74, 6) is -2.03. The maximum Gasteiger partial charge on any atom is 0.404 e. The van der Waals surface area contributed by atoms with Crippen molar-refractivity contribution in [2.24, 2.45) is 5.41 Å². The van der Waals surface area contributed by atoms with Crippen LogP contribution in [0.3, 0.4) is 0 Å². The Morgan fingerprint density at radius 3 is 2.53 bits per heavy atom. The summed E-state index contributed by atoms with van der Waals surface area (Å²) in [5.41, 5.74) is -1.59. The summed E-state index contributed by atoms with van der Waals surface area (Å²) in [7, 11) is -4.33. The van der Waals surface area contributed by atoms with Crippen LogP contribution in [0.1, 0.15) is 26.3 Å². The minimum Gasteiger partial charge on any atom is -0.465 e. The fourth-order valence-corrected chi connectivity index (χ4v) is 6.08. The second-order valence-electron chi connectivity index (χ2n) is 8.09. The van der Waals surface area contributed by atoms with Crippen LogP contribution in [-0.2, 0) is 16.4 Å². The molecule has 172 valence electrons. The Labute approximate surface area is 192 Å². The van der Waals surface area contributed by atoms with Crippen LogP contribution in [0.15, 0.2) is 40.9 Å². The normalized spacial score (nSPS) is 13.2. The van der Waals surface area contributed by atoms with Gasteiger partial charge in [-0.25, -0.2) is 18.1 Å².